The van der Waals surface area contributed by atoms with Crippen LogP contribution in [-0.4, -0.2) is 26.4 Å². The molecular formula is C13H13ClN4O. The Morgan fingerprint density at radius 1 is 1.32 bits per heavy atom. The predicted molar refractivity (Wildman–Crippen MR) is 73.9 cm³/mol. The summed E-state index contributed by atoms with van der Waals surface area (Å²) in [5, 5.41) is 4.40. The molecule has 2 aromatic heterocycles. The van der Waals surface area contributed by atoms with Crippen LogP contribution in [-0.2, 0) is 12.9 Å². The number of hydrogen-bond donors (Lipinski definition) is 0. The molecule has 0 aliphatic carbocycles. The van der Waals surface area contributed by atoms with Gasteiger partial charge in [0.05, 0.1) is 24.0 Å². The number of alkyl halides is 1. The van der Waals surface area contributed by atoms with E-state index in [0.29, 0.717) is 5.88 Å². The number of halogens is 1. The predicted octanol–water partition coefficient (Wildman–Crippen LogP) is 2.51. The molecule has 2 heterocycles. The summed E-state index contributed by atoms with van der Waals surface area (Å²) in [6.07, 6.45) is 1.89. The lowest BCUT2D eigenvalue weighted by Crippen LogP contribution is -2.01. The number of imidazole rings is 1. The van der Waals surface area contributed by atoms with E-state index in [9.17, 15) is 0 Å². The van der Waals surface area contributed by atoms with E-state index in [1.54, 1.807) is 11.8 Å². The van der Waals surface area contributed by atoms with Gasteiger partial charge in [-0.15, -0.1) is 11.6 Å². The quantitative estimate of drug-likeness (QED) is 0.691. The number of benzene rings is 1. The fourth-order valence-electron chi connectivity index (χ4n) is 2.10. The molecule has 0 atom stereocenters. The Labute approximate surface area is 115 Å². The van der Waals surface area contributed by atoms with E-state index in [4.69, 9.17) is 16.3 Å². The molecule has 5 nitrogen and oxygen atoms in total. The van der Waals surface area contributed by atoms with E-state index < -0.39 is 0 Å². The van der Waals surface area contributed by atoms with Gasteiger partial charge in [-0.25, -0.2) is 4.98 Å². The van der Waals surface area contributed by atoms with Crippen LogP contribution in [0.1, 0.15) is 5.82 Å². The van der Waals surface area contributed by atoms with Crippen molar-refractivity contribution >= 4 is 22.6 Å². The summed E-state index contributed by atoms with van der Waals surface area (Å²) >= 11 is 5.98. The smallest absolute Gasteiger partial charge is 0.160 e. The van der Waals surface area contributed by atoms with Gasteiger partial charge in [-0.3, -0.25) is 9.25 Å². The molecule has 0 spiro atoms. The van der Waals surface area contributed by atoms with Gasteiger partial charge in [-0.05, 0) is 12.1 Å². The Morgan fingerprint density at radius 2 is 2.16 bits per heavy atom. The maximum atomic E-state index is 5.98. The Bertz CT molecular complexity index is 731. The van der Waals surface area contributed by atoms with Crippen molar-refractivity contribution in [2.75, 3.05) is 7.11 Å². The van der Waals surface area contributed by atoms with E-state index in [1.165, 1.54) is 0 Å². The largest absolute Gasteiger partial charge is 0.497 e. The minimum atomic E-state index is 0.327. The topological polar surface area (TPSA) is 44.9 Å². The second-order valence-corrected chi connectivity index (χ2v) is 4.47. The number of ether oxygens (including phenoxy) is 1. The van der Waals surface area contributed by atoms with Gasteiger partial charge in [0.25, 0.3) is 0 Å². The van der Waals surface area contributed by atoms with Crippen molar-refractivity contribution in [3.8, 4) is 11.6 Å². The molecule has 3 aromatic rings. The lowest BCUT2D eigenvalue weighted by molar-refractivity contribution is 0.415. The Kier molecular flexibility index (Phi) is 2.91. The van der Waals surface area contributed by atoms with E-state index >= 15 is 0 Å². The summed E-state index contributed by atoms with van der Waals surface area (Å²) in [6.45, 7) is 0. The van der Waals surface area contributed by atoms with Gasteiger partial charge in [-0.2, -0.15) is 5.10 Å². The molecule has 0 unspecified atom stereocenters. The van der Waals surface area contributed by atoms with Crippen LogP contribution in [0.4, 0.5) is 0 Å². The van der Waals surface area contributed by atoms with Crippen molar-refractivity contribution in [2.45, 2.75) is 5.88 Å². The van der Waals surface area contributed by atoms with Crippen molar-refractivity contribution in [3.05, 3.63) is 36.3 Å². The maximum absolute atomic E-state index is 5.98. The van der Waals surface area contributed by atoms with Crippen LogP contribution in [0.2, 0.25) is 0 Å². The average Bonchev–Trinajstić information content (AvgIpc) is 3.00. The fraction of sp³-hybridized carbons (Fsp3) is 0.231. The van der Waals surface area contributed by atoms with E-state index in [1.807, 2.05) is 42.1 Å². The van der Waals surface area contributed by atoms with Crippen molar-refractivity contribution in [1.29, 1.82) is 0 Å². The molecule has 0 saturated heterocycles. The van der Waals surface area contributed by atoms with Crippen molar-refractivity contribution in [1.82, 2.24) is 19.3 Å². The standard InChI is InChI=1S/C13H13ClN4O/c1-17-6-5-12(16-17)18-11-4-3-9(19-2)7-10(11)15-13(18)8-14/h3-7H,8H2,1-2H3. The van der Waals surface area contributed by atoms with Gasteiger partial charge in [-0.1, -0.05) is 0 Å². The van der Waals surface area contributed by atoms with Crippen LogP contribution in [0.3, 0.4) is 0 Å². The van der Waals surface area contributed by atoms with Gasteiger partial charge < -0.3 is 4.74 Å². The monoisotopic (exact) mass is 276 g/mol. The molecule has 0 fully saturated rings. The van der Waals surface area contributed by atoms with Gasteiger partial charge in [0.15, 0.2) is 5.82 Å². The number of aromatic nitrogens is 4. The Balaban J connectivity index is 2.27. The minimum Gasteiger partial charge on any atom is -0.497 e. The van der Waals surface area contributed by atoms with Crippen LogP contribution in [0.25, 0.3) is 16.9 Å². The van der Waals surface area contributed by atoms with Crippen LogP contribution in [0, 0.1) is 0 Å². The molecule has 0 bridgehead atoms. The number of rotatable bonds is 3. The van der Waals surface area contributed by atoms with Gasteiger partial charge in [0.2, 0.25) is 0 Å². The number of methoxy groups -OCH3 is 1. The third-order valence-electron chi connectivity index (χ3n) is 2.98. The highest BCUT2D eigenvalue weighted by Crippen LogP contribution is 2.25. The number of fused-ring (bicyclic) bond motifs is 1. The molecule has 6 heteroatoms. The lowest BCUT2D eigenvalue weighted by Gasteiger charge is -2.04. The van der Waals surface area contributed by atoms with Crippen LogP contribution >= 0.6 is 11.6 Å². The zero-order valence-electron chi connectivity index (χ0n) is 10.7. The van der Waals surface area contributed by atoms with Gasteiger partial charge in [0, 0.05) is 25.4 Å². The molecule has 0 saturated carbocycles. The van der Waals surface area contributed by atoms with Crippen molar-refractivity contribution in [2.24, 2.45) is 7.05 Å². The molecule has 19 heavy (non-hydrogen) atoms. The molecular weight excluding hydrogens is 264 g/mol. The van der Waals surface area contributed by atoms with Crippen LogP contribution < -0.4 is 4.74 Å². The molecule has 1 aromatic carbocycles. The summed E-state index contributed by atoms with van der Waals surface area (Å²) in [5.74, 6) is 2.68. The molecule has 0 aliphatic heterocycles. The third kappa shape index (κ3) is 1.96. The zero-order chi connectivity index (χ0) is 13.4. The second kappa shape index (κ2) is 4.59. The first-order valence-corrected chi connectivity index (χ1v) is 6.37. The van der Waals surface area contributed by atoms with Crippen molar-refractivity contribution in [3.63, 3.8) is 0 Å². The Morgan fingerprint density at radius 3 is 2.79 bits per heavy atom. The van der Waals surface area contributed by atoms with E-state index in [2.05, 4.69) is 10.1 Å². The van der Waals surface area contributed by atoms with Crippen LogP contribution in [0.15, 0.2) is 30.5 Å². The first-order valence-electron chi connectivity index (χ1n) is 5.84. The highest BCUT2D eigenvalue weighted by Gasteiger charge is 2.13. The number of aryl methyl sites for hydroxylation is 1. The SMILES string of the molecule is COc1ccc2c(c1)nc(CCl)n2-c1ccn(C)n1. The first-order chi connectivity index (χ1) is 9.22. The summed E-state index contributed by atoms with van der Waals surface area (Å²) < 4.78 is 8.93. The van der Waals surface area contributed by atoms with Crippen LogP contribution in [0.5, 0.6) is 5.75 Å². The maximum Gasteiger partial charge on any atom is 0.160 e. The molecule has 0 radical (unpaired) electrons. The summed E-state index contributed by atoms with van der Waals surface area (Å²) in [4.78, 5) is 4.53. The minimum absolute atomic E-state index is 0.327. The normalized spacial score (nSPS) is 11.1. The molecule has 3 rings (SSSR count). The second-order valence-electron chi connectivity index (χ2n) is 4.20. The van der Waals surface area contributed by atoms with Gasteiger partial charge >= 0.3 is 0 Å². The summed E-state index contributed by atoms with van der Waals surface area (Å²) in [7, 11) is 3.52. The molecule has 0 N–H and O–H groups in total. The lowest BCUT2D eigenvalue weighted by atomic mass is 10.3. The van der Waals surface area contributed by atoms with Gasteiger partial charge in [0.1, 0.15) is 11.6 Å². The molecule has 0 amide bonds. The van der Waals surface area contributed by atoms with Crippen molar-refractivity contribution < 1.29 is 4.74 Å². The summed E-state index contributed by atoms with van der Waals surface area (Å²) in [5.41, 5.74) is 1.82. The fourth-order valence-corrected chi connectivity index (χ4v) is 2.28. The number of nitrogens with zero attached hydrogens (tertiary/aromatic N) is 4. The molecule has 0 aliphatic rings. The average molecular weight is 277 g/mol. The zero-order valence-corrected chi connectivity index (χ0v) is 11.4. The van der Waals surface area contributed by atoms with E-state index in [-0.39, 0.29) is 0 Å². The highest BCUT2D eigenvalue weighted by molar-refractivity contribution is 6.17. The summed E-state index contributed by atoms with van der Waals surface area (Å²) in [6, 6.07) is 7.69. The van der Waals surface area contributed by atoms with E-state index in [0.717, 1.165) is 28.4 Å². The first kappa shape index (κ1) is 12.0. The molecule has 98 valence electrons. The Hall–Kier alpha value is -2.01. The number of hydrogen-bond acceptors (Lipinski definition) is 3. The highest BCUT2D eigenvalue weighted by atomic mass is 35.5. The third-order valence-corrected chi connectivity index (χ3v) is 3.22.